The Hall–Kier alpha value is -1.09. The van der Waals surface area contributed by atoms with Gasteiger partial charge in [0.2, 0.25) is 0 Å². The van der Waals surface area contributed by atoms with E-state index in [0.717, 1.165) is 19.5 Å². The molecule has 14 heavy (non-hydrogen) atoms. The van der Waals surface area contributed by atoms with Crippen molar-refractivity contribution in [2.24, 2.45) is 0 Å². The number of halogens is 1. The van der Waals surface area contributed by atoms with E-state index in [1.54, 1.807) is 12.1 Å². The van der Waals surface area contributed by atoms with Gasteiger partial charge in [0, 0.05) is 12.6 Å². The molecule has 1 rings (SSSR count). The van der Waals surface area contributed by atoms with E-state index in [4.69, 9.17) is 0 Å². The van der Waals surface area contributed by atoms with Gasteiger partial charge in [-0.3, -0.25) is 0 Å². The fourth-order valence-corrected chi connectivity index (χ4v) is 1.16. The van der Waals surface area contributed by atoms with Crippen LogP contribution in [0.5, 0.6) is 0 Å². The Balaban J connectivity index is 2.28. The summed E-state index contributed by atoms with van der Waals surface area (Å²) in [6.45, 7) is 1.77. The molecule has 3 heteroatoms. The molecule has 1 radical (unpaired) electrons. The summed E-state index contributed by atoms with van der Waals surface area (Å²) in [4.78, 5) is 2.10. The molecule has 0 unspecified atom stereocenters. The summed E-state index contributed by atoms with van der Waals surface area (Å²) in [5.74, 6) is -0.239. The fourth-order valence-electron chi connectivity index (χ4n) is 1.16. The van der Waals surface area contributed by atoms with Crippen molar-refractivity contribution in [1.82, 2.24) is 4.90 Å². The van der Waals surface area contributed by atoms with Gasteiger partial charge in [-0.15, -0.1) is 0 Å². The van der Waals surface area contributed by atoms with E-state index in [1.807, 2.05) is 14.1 Å². The van der Waals surface area contributed by atoms with Crippen LogP contribution in [0.2, 0.25) is 0 Å². The molecular weight excluding hydrogens is 179 g/mol. The molecule has 0 fully saturated rings. The van der Waals surface area contributed by atoms with Crippen LogP contribution in [0.15, 0.2) is 18.2 Å². The number of para-hydroxylation sites is 1. The van der Waals surface area contributed by atoms with Crippen LogP contribution in [0.4, 0.5) is 10.1 Å². The lowest BCUT2D eigenvalue weighted by Crippen LogP contribution is -2.16. The lowest BCUT2D eigenvalue weighted by atomic mass is 10.3. The van der Waals surface area contributed by atoms with Crippen molar-refractivity contribution in [3.8, 4) is 0 Å². The van der Waals surface area contributed by atoms with Crippen molar-refractivity contribution < 1.29 is 4.39 Å². The van der Waals surface area contributed by atoms with Crippen LogP contribution in [-0.2, 0) is 0 Å². The van der Waals surface area contributed by atoms with Crippen molar-refractivity contribution in [2.45, 2.75) is 6.42 Å². The van der Waals surface area contributed by atoms with Gasteiger partial charge in [-0.1, -0.05) is 12.1 Å². The minimum atomic E-state index is -0.239. The zero-order valence-electron chi connectivity index (χ0n) is 8.68. The van der Waals surface area contributed by atoms with E-state index in [1.165, 1.54) is 6.07 Å². The Morgan fingerprint density at radius 2 is 2.29 bits per heavy atom. The number of nitrogens with one attached hydrogen (secondary N) is 1. The number of rotatable bonds is 5. The first-order chi connectivity index (χ1) is 6.70. The van der Waals surface area contributed by atoms with Crippen molar-refractivity contribution in [3.05, 3.63) is 30.1 Å². The van der Waals surface area contributed by atoms with Crippen LogP contribution in [0.1, 0.15) is 6.42 Å². The minimum absolute atomic E-state index is 0.239. The first-order valence-electron chi connectivity index (χ1n) is 4.75. The summed E-state index contributed by atoms with van der Waals surface area (Å²) in [7, 11) is 4.05. The number of hydrogen-bond acceptors (Lipinski definition) is 2. The molecule has 2 nitrogen and oxygen atoms in total. The first-order valence-corrected chi connectivity index (χ1v) is 4.75. The summed E-state index contributed by atoms with van der Waals surface area (Å²) in [5.41, 5.74) is 0.464. The quantitative estimate of drug-likeness (QED) is 0.723. The zero-order valence-corrected chi connectivity index (χ0v) is 8.68. The van der Waals surface area contributed by atoms with Gasteiger partial charge in [0.15, 0.2) is 0 Å². The van der Waals surface area contributed by atoms with Gasteiger partial charge in [-0.2, -0.15) is 0 Å². The average molecular weight is 195 g/mol. The molecule has 1 N–H and O–H groups in total. The van der Waals surface area contributed by atoms with Gasteiger partial charge < -0.3 is 10.2 Å². The van der Waals surface area contributed by atoms with Crippen LogP contribution in [0, 0.1) is 11.9 Å². The number of nitrogens with zero attached hydrogens (tertiary/aromatic N) is 1. The predicted molar refractivity (Wildman–Crippen MR) is 56.9 cm³/mol. The maximum atomic E-state index is 13.1. The second-order valence-corrected chi connectivity index (χ2v) is 3.48. The van der Waals surface area contributed by atoms with E-state index < -0.39 is 0 Å². The van der Waals surface area contributed by atoms with Crippen LogP contribution in [0.25, 0.3) is 0 Å². The molecule has 0 aliphatic rings. The predicted octanol–water partition coefficient (Wildman–Crippen LogP) is 1.99. The van der Waals surface area contributed by atoms with Gasteiger partial charge in [-0.25, -0.2) is 4.39 Å². The minimum Gasteiger partial charge on any atom is -0.382 e. The number of benzene rings is 1. The highest BCUT2D eigenvalue weighted by Gasteiger charge is 1.98. The maximum absolute atomic E-state index is 13.1. The van der Waals surface area contributed by atoms with Crippen molar-refractivity contribution >= 4 is 5.69 Å². The molecule has 0 aromatic heterocycles. The first kappa shape index (κ1) is 11.0. The number of anilines is 1. The molecule has 77 valence electrons. The van der Waals surface area contributed by atoms with E-state index in [-0.39, 0.29) is 5.82 Å². The summed E-state index contributed by atoms with van der Waals surface area (Å²) in [6.07, 6.45) is 0.995. The molecule has 0 aliphatic carbocycles. The van der Waals surface area contributed by atoms with Crippen LogP contribution < -0.4 is 5.32 Å². The summed E-state index contributed by atoms with van der Waals surface area (Å²) in [6, 6.07) is 7.61. The van der Waals surface area contributed by atoms with Crippen molar-refractivity contribution in [1.29, 1.82) is 0 Å². The second-order valence-electron chi connectivity index (χ2n) is 3.48. The summed E-state index contributed by atoms with van der Waals surface area (Å²) >= 11 is 0. The zero-order chi connectivity index (χ0) is 10.4. The van der Waals surface area contributed by atoms with Gasteiger partial charge in [0.05, 0.1) is 5.69 Å². The topological polar surface area (TPSA) is 15.3 Å². The molecule has 0 aliphatic heterocycles. The standard InChI is InChI=1S/C11H16FN2/c1-14(2)9-5-8-13-11-7-4-3-6-10(11)12/h3-4,6,13H,5,8-9H2,1-2H3. The Labute approximate surface area is 84.7 Å². The Kier molecular flexibility index (Phi) is 4.40. The highest BCUT2D eigenvalue weighted by molar-refractivity contribution is 5.42. The lowest BCUT2D eigenvalue weighted by molar-refractivity contribution is 0.405. The third kappa shape index (κ3) is 3.75. The SMILES string of the molecule is CN(C)CCCNc1[c]cccc1F. The van der Waals surface area contributed by atoms with Crippen LogP contribution in [0.3, 0.4) is 0 Å². The third-order valence-electron chi connectivity index (χ3n) is 1.89. The largest absolute Gasteiger partial charge is 0.382 e. The van der Waals surface area contributed by atoms with Crippen LogP contribution in [-0.4, -0.2) is 32.1 Å². The molecule has 0 atom stereocenters. The average Bonchev–Trinajstić information content (AvgIpc) is 2.15. The van der Waals surface area contributed by atoms with Crippen molar-refractivity contribution in [2.75, 3.05) is 32.5 Å². The monoisotopic (exact) mass is 195 g/mol. The molecule has 0 heterocycles. The Bertz CT molecular complexity index is 274. The molecule has 0 saturated heterocycles. The van der Waals surface area contributed by atoms with Crippen molar-refractivity contribution in [3.63, 3.8) is 0 Å². The summed E-state index contributed by atoms with van der Waals surface area (Å²) in [5, 5.41) is 3.01. The Morgan fingerprint density at radius 1 is 1.50 bits per heavy atom. The van der Waals surface area contributed by atoms with E-state index in [2.05, 4.69) is 16.3 Å². The molecule has 0 spiro atoms. The molecule has 0 amide bonds. The molecular formula is C11H16FN2. The van der Waals surface area contributed by atoms with Gasteiger partial charge in [0.1, 0.15) is 5.82 Å². The van der Waals surface area contributed by atoms with Crippen LogP contribution >= 0.6 is 0 Å². The third-order valence-corrected chi connectivity index (χ3v) is 1.89. The number of hydrogen-bond donors (Lipinski definition) is 1. The summed E-state index contributed by atoms with van der Waals surface area (Å²) < 4.78 is 13.1. The molecule has 0 bridgehead atoms. The van der Waals surface area contributed by atoms with E-state index in [0.29, 0.717) is 5.69 Å². The highest BCUT2D eigenvalue weighted by atomic mass is 19.1. The molecule has 0 saturated carbocycles. The Morgan fingerprint density at radius 3 is 2.93 bits per heavy atom. The maximum Gasteiger partial charge on any atom is 0.146 e. The van der Waals surface area contributed by atoms with E-state index >= 15 is 0 Å². The normalized spacial score (nSPS) is 10.6. The molecule has 1 aromatic carbocycles. The van der Waals surface area contributed by atoms with E-state index in [9.17, 15) is 4.39 Å². The van der Waals surface area contributed by atoms with Gasteiger partial charge in [-0.05, 0) is 33.1 Å². The molecule has 1 aromatic rings. The smallest absolute Gasteiger partial charge is 0.146 e. The fraction of sp³-hybridized carbons (Fsp3) is 0.455. The highest BCUT2D eigenvalue weighted by Crippen LogP contribution is 2.10. The second kappa shape index (κ2) is 5.60. The van der Waals surface area contributed by atoms with Gasteiger partial charge >= 0.3 is 0 Å². The van der Waals surface area contributed by atoms with Gasteiger partial charge in [0.25, 0.3) is 0 Å². The lowest BCUT2D eigenvalue weighted by Gasteiger charge is -2.10.